The van der Waals surface area contributed by atoms with Crippen molar-refractivity contribution in [2.24, 2.45) is 34.5 Å². The Bertz CT molecular complexity index is 2000. The molecular formula is C49H64IrNO2S-. The smallest absolute Gasteiger partial charge is 0.165 e. The van der Waals surface area contributed by atoms with Gasteiger partial charge in [-0.25, -0.2) is 0 Å². The number of allylic oxidation sites excluding steroid dienone is 2. The predicted molar refractivity (Wildman–Crippen MR) is 227 cm³/mol. The molecule has 6 rings (SSSR count). The van der Waals surface area contributed by atoms with E-state index in [1.807, 2.05) is 25.6 Å². The fourth-order valence-electron chi connectivity index (χ4n) is 8.88. The van der Waals surface area contributed by atoms with Crippen molar-refractivity contribution in [1.29, 1.82) is 0 Å². The van der Waals surface area contributed by atoms with E-state index in [-0.39, 0.29) is 71.6 Å². The number of aliphatic hydroxyl groups excluding tert-OH is 1. The van der Waals surface area contributed by atoms with Crippen molar-refractivity contribution in [3.8, 4) is 11.3 Å². The molecule has 2 heterocycles. The number of hydrogen-bond donors (Lipinski definition) is 1. The molecule has 3 aromatic carbocycles. The van der Waals surface area contributed by atoms with Gasteiger partial charge in [-0.3, -0.25) is 9.78 Å². The van der Waals surface area contributed by atoms with E-state index in [1.54, 1.807) is 0 Å². The molecule has 2 atom stereocenters. The summed E-state index contributed by atoms with van der Waals surface area (Å²) < 4.78 is 0. The fourth-order valence-corrected chi connectivity index (χ4v) is 10.6. The zero-order chi connectivity index (χ0) is 39.4. The molecule has 1 N–H and O–H groups in total. The third-order valence-corrected chi connectivity index (χ3v) is 14.9. The summed E-state index contributed by atoms with van der Waals surface area (Å²) in [4.78, 5) is 19.4. The van der Waals surface area contributed by atoms with Crippen LogP contribution in [0.3, 0.4) is 0 Å². The zero-order valence-electron chi connectivity index (χ0n) is 35.4. The SMILES string of the molecule is CC(C)(C)c1cc(-c2[c-]ccc3c2C(C)(C)C2c4ccccc4SC32)nc2ccccc12.CC(C)C(C)(C(=O)/C=C(\O)C(C)(C(C)C)C(C)C)C(C)C.[Ir]. The van der Waals surface area contributed by atoms with Gasteiger partial charge in [-0.15, -0.1) is 46.7 Å². The summed E-state index contributed by atoms with van der Waals surface area (Å²) in [7, 11) is 0. The van der Waals surface area contributed by atoms with E-state index >= 15 is 0 Å². The molecule has 5 heteroatoms. The van der Waals surface area contributed by atoms with E-state index in [4.69, 9.17) is 4.98 Å². The molecule has 4 aromatic rings. The Morgan fingerprint density at radius 1 is 0.815 bits per heavy atom. The van der Waals surface area contributed by atoms with Crippen LogP contribution in [0.4, 0.5) is 0 Å². The topological polar surface area (TPSA) is 50.2 Å². The largest absolute Gasteiger partial charge is 0.512 e. The van der Waals surface area contributed by atoms with Crippen LogP contribution in [0.15, 0.2) is 83.5 Å². The van der Waals surface area contributed by atoms with Gasteiger partial charge < -0.3 is 5.11 Å². The number of carbonyl (C=O) groups excluding carboxylic acids is 1. The first kappa shape index (κ1) is 44.0. The Labute approximate surface area is 345 Å². The van der Waals surface area contributed by atoms with Gasteiger partial charge in [0, 0.05) is 58.5 Å². The summed E-state index contributed by atoms with van der Waals surface area (Å²) in [6.07, 6.45) is 1.50. The summed E-state index contributed by atoms with van der Waals surface area (Å²) in [5.41, 5.74) is 8.27. The van der Waals surface area contributed by atoms with Gasteiger partial charge >= 0.3 is 0 Å². The van der Waals surface area contributed by atoms with Gasteiger partial charge in [0.2, 0.25) is 0 Å². The van der Waals surface area contributed by atoms with Gasteiger partial charge in [0.15, 0.2) is 5.78 Å². The number of fused-ring (bicyclic) bond motifs is 6. The molecule has 0 amide bonds. The number of nitrogens with zero attached hydrogens (tertiary/aromatic N) is 1. The van der Waals surface area contributed by atoms with Crippen molar-refractivity contribution in [3.63, 3.8) is 0 Å². The van der Waals surface area contributed by atoms with Crippen LogP contribution in [-0.2, 0) is 35.7 Å². The second-order valence-electron chi connectivity index (χ2n) is 18.9. The van der Waals surface area contributed by atoms with Crippen LogP contribution in [0.1, 0.15) is 137 Å². The predicted octanol–water partition coefficient (Wildman–Crippen LogP) is 13.9. The second kappa shape index (κ2) is 16.0. The number of thioether (sulfide) groups is 1. The number of pyridine rings is 1. The van der Waals surface area contributed by atoms with Crippen LogP contribution in [0.25, 0.3) is 22.2 Å². The molecule has 1 aliphatic heterocycles. The van der Waals surface area contributed by atoms with Crippen molar-refractivity contribution < 1.29 is 30.0 Å². The first-order valence-electron chi connectivity index (χ1n) is 19.8. The van der Waals surface area contributed by atoms with Crippen molar-refractivity contribution in [3.05, 3.63) is 107 Å². The minimum Gasteiger partial charge on any atom is -0.512 e. The van der Waals surface area contributed by atoms with Crippen molar-refractivity contribution in [2.45, 2.75) is 131 Å². The van der Waals surface area contributed by atoms with Crippen molar-refractivity contribution in [2.75, 3.05) is 0 Å². The van der Waals surface area contributed by atoms with Gasteiger partial charge in [-0.1, -0.05) is 146 Å². The molecule has 1 radical (unpaired) electrons. The average molecular weight is 923 g/mol. The molecule has 0 fully saturated rings. The molecule has 2 aliphatic rings. The summed E-state index contributed by atoms with van der Waals surface area (Å²) in [6.45, 7) is 32.5. The number of ketones is 1. The number of aliphatic hydroxyl groups is 1. The van der Waals surface area contributed by atoms with Gasteiger partial charge in [-0.05, 0) is 63.5 Å². The van der Waals surface area contributed by atoms with E-state index in [9.17, 15) is 9.90 Å². The molecule has 0 bridgehead atoms. The summed E-state index contributed by atoms with van der Waals surface area (Å²) >= 11 is 2.03. The fraction of sp³-hybridized carbons (Fsp3) is 0.510. The molecule has 3 nitrogen and oxygen atoms in total. The molecule has 1 aliphatic carbocycles. The van der Waals surface area contributed by atoms with E-state index in [0.717, 1.165) is 11.2 Å². The number of carbonyl (C=O) groups is 1. The Morgan fingerprint density at radius 2 is 1.37 bits per heavy atom. The van der Waals surface area contributed by atoms with Gasteiger partial charge in [-0.2, -0.15) is 0 Å². The van der Waals surface area contributed by atoms with E-state index < -0.39 is 5.41 Å². The molecule has 2 unspecified atom stereocenters. The van der Waals surface area contributed by atoms with Gasteiger partial charge in [0.05, 0.1) is 5.52 Å². The number of para-hydroxylation sites is 1. The zero-order valence-corrected chi connectivity index (χ0v) is 38.6. The molecule has 54 heavy (non-hydrogen) atoms. The molecule has 0 saturated carbocycles. The van der Waals surface area contributed by atoms with Crippen LogP contribution in [0.2, 0.25) is 0 Å². The van der Waals surface area contributed by atoms with Crippen LogP contribution < -0.4 is 0 Å². The number of rotatable bonds is 8. The molecule has 0 saturated heterocycles. The standard InChI is InChI=1S/C30H28NS.C19H36O2.Ir/c1-29(2,3)22-17-24(31-23-15-8-6-11-18(22)23)19-13-10-14-21-26(19)30(4,5)27-20-12-7-9-16-25(20)32-28(21)27;1-12(2)18(9,13(3)4)16(20)11-17(21)19(10,14(5)6)15(7)8;/h6-12,14-17,27-28H,1-5H3;11-15,20H,1-10H3;/q-1;;/b;16-11-;. The average Bonchev–Trinajstić information content (AvgIpc) is 3.59. The molecule has 0 spiro atoms. The van der Waals surface area contributed by atoms with E-state index in [0.29, 0.717) is 11.2 Å². The Hall–Kier alpha value is -2.72. The minimum atomic E-state index is -0.442. The number of aromatic nitrogens is 1. The minimum absolute atomic E-state index is 0. The van der Waals surface area contributed by atoms with Crippen molar-refractivity contribution in [1.82, 2.24) is 4.98 Å². The quantitative estimate of drug-likeness (QED) is 0.109. The molecule has 1 aromatic heterocycles. The summed E-state index contributed by atoms with van der Waals surface area (Å²) in [5, 5.41) is 12.4. The first-order chi connectivity index (χ1) is 24.6. The summed E-state index contributed by atoms with van der Waals surface area (Å²) in [6, 6.07) is 27.9. The third-order valence-electron chi connectivity index (χ3n) is 13.5. The Balaban J connectivity index is 0.000000261. The van der Waals surface area contributed by atoms with E-state index in [1.165, 1.54) is 44.2 Å². The van der Waals surface area contributed by atoms with E-state index in [2.05, 4.69) is 163 Å². The Kier molecular flexibility index (Phi) is 13.1. The summed E-state index contributed by atoms with van der Waals surface area (Å²) in [5.74, 6) is 1.76. The number of hydrogen-bond acceptors (Lipinski definition) is 4. The Morgan fingerprint density at radius 3 is 1.94 bits per heavy atom. The van der Waals surface area contributed by atoms with Crippen LogP contribution in [0.5, 0.6) is 0 Å². The maximum atomic E-state index is 12.8. The normalized spacial score (nSPS) is 18.0. The second-order valence-corrected chi connectivity index (χ2v) is 20.0. The monoisotopic (exact) mass is 923 g/mol. The van der Waals surface area contributed by atoms with Gasteiger partial charge in [0.1, 0.15) is 5.76 Å². The maximum absolute atomic E-state index is 12.8. The third kappa shape index (κ3) is 7.56. The number of benzene rings is 3. The van der Waals surface area contributed by atoms with Gasteiger partial charge in [0.25, 0.3) is 0 Å². The molecule has 293 valence electrons. The van der Waals surface area contributed by atoms with Crippen LogP contribution >= 0.6 is 11.8 Å². The van der Waals surface area contributed by atoms with Crippen molar-refractivity contribution >= 4 is 28.4 Å². The van der Waals surface area contributed by atoms with Crippen LogP contribution in [-0.4, -0.2) is 15.9 Å². The maximum Gasteiger partial charge on any atom is 0.165 e. The van der Waals surface area contributed by atoms with Crippen LogP contribution in [0, 0.1) is 40.6 Å². The molecular weight excluding hydrogens is 859 g/mol. The first-order valence-corrected chi connectivity index (χ1v) is 20.6.